The maximum absolute atomic E-state index is 13.0. The first-order valence-electron chi connectivity index (χ1n) is 3.73. The summed E-state index contributed by atoms with van der Waals surface area (Å²) < 4.78 is 37.5. The molecule has 1 aromatic rings. The van der Waals surface area contributed by atoms with E-state index < -0.39 is 24.5 Å². The van der Waals surface area contributed by atoms with Crippen LogP contribution in [0.4, 0.5) is 13.2 Å². The Morgan fingerprint density at radius 1 is 1.50 bits per heavy atom. The monoisotopic (exact) mass is 225 g/mol. The van der Waals surface area contributed by atoms with Crippen molar-refractivity contribution in [2.45, 2.75) is 18.9 Å². The number of aliphatic hydroxyl groups is 1. The second-order valence-electron chi connectivity index (χ2n) is 2.57. The summed E-state index contributed by atoms with van der Waals surface area (Å²) in [6.45, 7) is -0.664. The molecule has 0 aliphatic heterocycles. The molecule has 14 heavy (non-hydrogen) atoms. The molecule has 1 N–H and O–H groups in total. The van der Waals surface area contributed by atoms with Crippen LogP contribution in [0.25, 0.3) is 0 Å². The highest BCUT2D eigenvalue weighted by atomic mass is 35.5. The van der Waals surface area contributed by atoms with E-state index in [4.69, 9.17) is 16.7 Å². The van der Waals surface area contributed by atoms with Crippen molar-refractivity contribution < 1.29 is 18.3 Å². The summed E-state index contributed by atoms with van der Waals surface area (Å²) in [6, 6.07) is 1.16. The lowest BCUT2D eigenvalue weighted by Gasteiger charge is -2.08. The topological polar surface area (TPSA) is 33.1 Å². The molecule has 0 fully saturated rings. The van der Waals surface area contributed by atoms with Crippen molar-refractivity contribution in [3.05, 3.63) is 28.8 Å². The molecule has 0 radical (unpaired) electrons. The van der Waals surface area contributed by atoms with E-state index in [0.717, 1.165) is 6.07 Å². The van der Waals surface area contributed by atoms with E-state index in [-0.39, 0.29) is 17.1 Å². The highest BCUT2D eigenvalue weighted by Crippen LogP contribution is 2.26. The first-order valence-corrected chi connectivity index (χ1v) is 4.26. The average Bonchev–Trinajstić information content (AvgIpc) is 2.15. The van der Waals surface area contributed by atoms with Gasteiger partial charge in [0.2, 0.25) is 5.95 Å². The van der Waals surface area contributed by atoms with Gasteiger partial charge in [-0.2, -0.15) is 4.39 Å². The molecule has 0 spiro atoms. The molecule has 6 heteroatoms. The fourth-order valence-electron chi connectivity index (χ4n) is 1.06. The predicted octanol–water partition coefficient (Wildman–Crippen LogP) is 2.39. The second-order valence-corrected chi connectivity index (χ2v) is 2.84. The van der Waals surface area contributed by atoms with Crippen molar-refractivity contribution >= 4 is 11.6 Å². The summed E-state index contributed by atoms with van der Waals surface area (Å²) in [7, 11) is 0. The van der Waals surface area contributed by atoms with Gasteiger partial charge in [-0.15, -0.1) is 11.6 Å². The van der Waals surface area contributed by atoms with Gasteiger partial charge in [-0.05, 0) is 11.6 Å². The van der Waals surface area contributed by atoms with Gasteiger partial charge >= 0.3 is 0 Å². The summed E-state index contributed by atoms with van der Waals surface area (Å²) in [5.74, 6) is -1.37. The number of aromatic nitrogens is 1. The zero-order valence-electron chi connectivity index (χ0n) is 6.98. The van der Waals surface area contributed by atoms with Gasteiger partial charge in [-0.1, -0.05) is 0 Å². The van der Waals surface area contributed by atoms with E-state index in [0.29, 0.717) is 0 Å². The van der Waals surface area contributed by atoms with Crippen LogP contribution in [-0.2, 0) is 12.5 Å². The maximum atomic E-state index is 13.0. The number of halogens is 4. The van der Waals surface area contributed by atoms with Crippen molar-refractivity contribution in [1.29, 1.82) is 0 Å². The standard InChI is InChI=1S/C8H7ClF3NO/c9-2-5-1-4(3-14)6(7(10)11)8(12)13-5/h1,7,14H,2-3H2. The summed E-state index contributed by atoms with van der Waals surface area (Å²) in [5.41, 5.74) is -0.915. The van der Waals surface area contributed by atoms with Gasteiger partial charge in [0.15, 0.2) is 0 Å². The Morgan fingerprint density at radius 3 is 2.57 bits per heavy atom. The van der Waals surface area contributed by atoms with Crippen molar-refractivity contribution in [3.63, 3.8) is 0 Å². The average molecular weight is 226 g/mol. The summed E-state index contributed by atoms with van der Waals surface area (Å²) in [5, 5.41) is 8.74. The quantitative estimate of drug-likeness (QED) is 0.633. The third kappa shape index (κ3) is 2.16. The molecular weight excluding hydrogens is 219 g/mol. The van der Waals surface area contributed by atoms with Crippen LogP contribution in [0, 0.1) is 5.95 Å². The van der Waals surface area contributed by atoms with Crippen LogP contribution in [0.2, 0.25) is 0 Å². The van der Waals surface area contributed by atoms with Gasteiger partial charge in [0.25, 0.3) is 6.43 Å². The number of rotatable bonds is 3. The minimum absolute atomic E-state index is 0.0898. The summed E-state index contributed by atoms with van der Waals surface area (Å²) >= 11 is 5.36. The molecule has 1 heterocycles. The summed E-state index contributed by atoms with van der Waals surface area (Å²) in [4.78, 5) is 3.23. The van der Waals surface area contributed by atoms with Crippen molar-refractivity contribution in [2.75, 3.05) is 0 Å². The molecule has 0 saturated carbocycles. The molecule has 0 amide bonds. The molecule has 0 aliphatic rings. The first-order chi connectivity index (χ1) is 6.60. The summed E-state index contributed by atoms with van der Waals surface area (Å²) in [6.07, 6.45) is -2.99. The minimum atomic E-state index is -2.99. The minimum Gasteiger partial charge on any atom is -0.392 e. The van der Waals surface area contributed by atoms with Crippen molar-refractivity contribution in [1.82, 2.24) is 4.98 Å². The van der Waals surface area contributed by atoms with Crippen LogP contribution in [-0.4, -0.2) is 10.1 Å². The highest BCUT2D eigenvalue weighted by Gasteiger charge is 2.20. The Hall–Kier alpha value is -0.810. The van der Waals surface area contributed by atoms with Gasteiger partial charge in [0.1, 0.15) is 0 Å². The van der Waals surface area contributed by atoms with E-state index in [1.54, 1.807) is 0 Å². The van der Waals surface area contributed by atoms with E-state index >= 15 is 0 Å². The molecular formula is C8H7ClF3NO. The first kappa shape index (κ1) is 11.3. The largest absolute Gasteiger partial charge is 0.392 e. The molecule has 0 aliphatic carbocycles. The zero-order valence-corrected chi connectivity index (χ0v) is 7.73. The van der Waals surface area contributed by atoms with Gasteiger partial charge in [-0.25, -0.2) is 13.8 Å². The number of pyridine rings is 1. The number of alkyl halides is 3. The van der Waals surface area contributed by atoms with Crippen LogP contribution in [0.5, 0.6) is 0 Å². The smallest absolute Gasteiger partial charge is 0.268 e. The van der Waals surface area contributed by atoms with Crippen LogP contribution >= 0.6 is 11.6 Å². The number of nitrogens with zero attached hydrogens (tertiary/aromatic N) is 1. The third-order valence-electron chi connectivity index (χ3n) is 1.68. The predicted molar refractivity (Wildman–Crippen MR) is 44.6 cm³/mol. The lowest BCUT2D eigenvalue weighted by molar-refractivity contribution is 0.140. The fourth-order valence-corrected chi connectivity index (χ4v) is 1.20. The van der Waals surface area contributed by atoms with E-state index in [2.05, 4.69) is 4.98 Å². The third-order valence-corrected chi connectivity index (χ3v) is 1.95. The molecule has 0 atom stereocenters. The van der Waals surface area contributed by atoms with E-state index in [9.17, 15) is 13.2 Å². The lowest BCUT2D eigenvalue weighted by Crippen LogP contribution is -2.04. The van der Waals surface area contributed by atoms with Crippen LogP contribution in [0.3, 0.4) is 0 Å². The molecule has 0 bridgehead atoms. The normalized spacial score (nSPS) is 11.0. The SMILES string of the molecule is OCc1cc(CCl)nc(F)c1C(F)F. The number of hydrogen-bond donors (Lipinski definition) is 1. The Labute approximate surface area is 83.3 Å². The molecule has 0 aromatic carbocycles. The Balaban J connectivity index is 3.27. The van der Waals surface area contributed by atoms with Crippen molar-refractivity contribution in [3.8, 4) is 0 Å². The van der Waals surface area contributed by atoms with Crippen LogP contribution < -0.4 is 0 Å². The van der Waals surface area contributed by atoms with Crippen LogP contribution in [0.1, 0.15) is 23.2 Å². The van der Waals surface area contributed by atoms with E-state index in [1.165, 1.54) is 0 Å². The Bertz CT molecular complexity index is 333. The number of aliphatic hydroxyl groups excluding tert-OH is 1. The lowest BCUT2D eigenvalue weighted by atomic mass is 10.1. The Morgan fingerprint density at radius 2 is 2.14 bits per heavy atom. The van der Waals surface area contributed by atoms with Crippen LogP contribution in [0.15, 0.2) is 6.07 Å². The molecule has 78 valence electrons. The Kier molecular flexibility index (Phi) is 3.71. The van der Waals surface area contributed by atoms with E-state index in [1.807, 2.05) is 0 Å². The van der Waals surface area contributed by atoms with Gasteiger partial charge < -0.3 is 5.11 Å². The molecule has 0 unspecified atom stereocenters. The molecule has 0 saturated heterocycles. The zero-order chi connectivity index (χ0) is 10.7. The number of hydrogen-bond acceptors (Lipinski definition) is 2. The maximum Gasteiger partial charge on any atom is 0.268 e. The molecule has 1 rings (SSSR count). The highest BCUT2D eigenvalue weighted by molar-refractivity contribution is 6.16. The fraction of sp³-hybridized carbons (Fsp3) is 0.375. The van der Waals surface area contributed by atoms with Gasteiger partial charge in [0.05, 0.1) is 23.7 Å². The van der Waals surface area contributed by atoms with Gasteiger partial charge in [-0.3, -0.25) is 0 Å². The molecule has 2 nitrogen and oxygen atoms in total. The van der Waals surface area contributed by atoms with Gasteiger partial charge in [0, 0.05) is 0 Å². The van der Waals surface area contributed by atoms with Crippen molar-refractivity contribution in [2.24, 2.45) is 0 Å². The molecule has 1 aromatic heterocycles. The second kappa shape index (κ2) is 4.61.